The SMILES string of the molecule is N#Cc1sc2c(Cl)cccc2c1Cl. The van der Waals surface area contributed by atoms with Crippen molar-refractivity contribution in [3.05, 3.63) is 33.1 Å². The van der Waals surface area contributed by atoms with Crippen LogP contribution < -0.4 is 0 Å². The van der Waals surface area contributed by atoms with E-state index in [0.29, 0.717) is 14.9 Å². The molecular weight excluding hydrogens is 225 g/mol. The second-order valence-corrected chi connectivity index (χ2v) is 4.28. The largest absolute Gasteiger partial charge is 0.191 e. The van der Waals surface area contributed by atoms with Gasteiger partial charge in [-0.25, -0.2) is 0 Å². The van der Waals surface area contributed by atoms with E-state index in [2.05, 4.69) is 0 Å². The Labute approximate surface area is 89.1 Å². The summed E-state index contributed by atoms with van der Waals surface area (Å²) in [5, 5.41) is 10.7. The van der Waals surface area contributed by atoms with Gasteiger partial charge in [0.15, 0.2) is 0 Å². The molecular formula is C9H3Cl2NS. The fourth-order valence-corrected chi connectivity index (χ4v) is 2.68. The molecule has 1 heterocycles. The maximum Gasteiger partial charge on any atom is 0.124 e. The van der Waals surface area contributed by atoms with Gasteiger partial charge in [0, 0.05) is 5.39 Å². The second-order valence-electron chi connectivity index (χ2n) is 2.47. The molecule has 0 aliphatic carbocycles. The van der Waals surface area contributed by atoms with E-state index in [-0.39, 0.29) is 0 Å². The Bertz CT molecular complexity index is 510. The zero-order valence-corrected chi connectivity index (χ0v) is 8.67. The summed E-state index contributed by atoms with van der Waals surface area (Å²) in [6.45, 7) is 0. The van der Waals surface area contributed by atoms with Gasteiger partial charge in [-0.05, 0) is 6.07 Å². The molecule has 0 aliphatic rings. The van der Waals surface area contributed by atoms with Crippen molar-refractivity contribution in [1.29, 1.82) is 5.26 Å². The lowest BCUT2D eigenvalue weighted by molar-refractivity contribution is 1.52. The molecule has 1 aromatic carbocycles. The van der Waals surface area contributed by atoms with E-state index < -0.39 is 0 Å². The molecule has 2 rings (SSSR count). The molecule has 0 saturated carbocycles. The fourth-order valence-electron chi connectivity index (χ4n) is 1.13. The van der Waals surface area contributed by atoms with Gasteiger partial charge in [-0.2, -0.15) is 5.26 Å². The van der Waals surface area contributed by atoms with Gasteiger partial charge in [-0.15, -0.1) is 11.3 Å². The van der Waals surface area contributed by atoms with Gasteiger partial charge in [0.25, 0.3) is 0 Å². The van der Waals surface area contributed by atoms with Crippen molar-refractivity contribution in [1.82, 2.24) is 0 Å². The number of thiophene rings is 1. The van der Waals surface area contributed by atoms with Gasteiger partial charge in [0.1, 0.15) is 10.9 Å². The minimum absolute atomic E-state index is 0.505. The molecule has 1 nitrogen and oxygen atoms in total. The molecule has 0 radical (unpaired) electrons. The number of nitriles is 1. The topological polar surface area (TPSA) is 23.8 Å². The van der Waals surface area contributed by atoms with Gasteiger partial charge in [-0.1, -0.05) is 35.3 Å². The highest BCUT2D eigenvalue weighted by Crippen LogP contribution is 2.38. The quantitative estimate of drug-likeness (QED) is 0.666. The van der Waals surface area contributed by atoms with E-state index in [9.17, 15) is 0 Å². The third kappa shape index (κ3) is 1.30. The summed E-state index contributed by atoms with van der Waals surface area (Å²) < 4.78 is 0.880. The highest BCUT2D eigenvalue weighted by molar-refractivity contribution is 7.21. The van der Waals surface area contributed by atoms with Gasteiger partial charge in [-0.3, -0.25) is 0 Å². The summed E-state index contributed by atoms with van der Waals surface area (Å²) in [5.41, 5.74) is 0. The van der Waals surface area contributed by atoms with Crippen molar-refractivity contribution in [3.8, 4) is 6.07 Å². The fraction of sp³-hybridized carbons (Fsp3) is 0. The van der Waals surface area contributed by atoms with Gasteiger partial charge in [0.2, 0.25) is 0 Å². The number of fused-ring (bicyclic) bond motifs is 1. The molecule has 0 N–H and O–H groups in total. The number of hydrogen-bond donors (Lipinski definition) is 0. The highest BCUT2D eigenvalue weighted by Gasteiger charge is 2.11. The number of hydrogen-bond acceptors (Lipinski definition) is 2. The average Bonchev–Trinajstić information content (AvgIpc) is 2.45. The summed E-state index contributed by atoms with van der Waals surface area (Å²) in [4.78, 5) is 0.518. The van der Waals surface area contributed by atoms with Crippen LogP contribution in [0, 0.1) is 11.3 Å². The van der Waals surface area contributed by atoms with Crippen LogP contribution >= 0.6 is 34.5 Å². The van der Waals surface area contributed by atoms with Crippen LogP contribution in [0.15, 0.2) is 18.2 Å². The predicted molar refractivity (Wildman–Crippen MR) is 56.6 cm³/mol. The summed E-state index contributed by atoms with van der Waals surface area (Å²) in [6.07, 6.45) is 0. The number of rotatable bonds is 0. The van der Waals surface area contributed by atoms with Crippen molar-refractivity contribution in [2.75, 3.05) is 0 Å². The molecule has 4 heteroatoms. The molecule has 13 heavy (non-hydrogen) atoms. The van der Waals surface area contributed by atoms with Gasteiger partial charge >= 0.3 is 0 Å². The first-order valence-corrected chi connectivity index (χ1v) is 5.08. The van der Waals surface area contributed by atoms with Gasteiger partial charge in [0.05, 0.1) is 14.7 Å². The van der Waals surface area contributed by atoms with Crippen LogP contribution in [-0.2, 0) is 0 Å². The van der Waals surface area contributed by atoms with Crippen molar-refractivity contribution >= 4 is 44.6 Å². The number of halogens is 2. The first-order chi connectivity index (χ1) is 6.24. The van der Waals surface area contributed by atoms with Crippen molar-refractivity contribution in [3.63, 3.8) is 0 Å². The zero-order valence-electron chi connectivity index (χ0n) is 6.34. The molecule has 0 atom stereocenters. The highest BCUT2D eigenvalue weighted by atomic mass is 35.5. The lowest BCUT2D eigenvalue weighted by Crippen LogP contribution is -1.65. The normalized spacial score (nSPS) is 10.2. The molecule has 0 aliphatic heterocycles. The molecule has 2 aromatic rings. The first kappa shape index (κ1) is 8.83. The Morgan fingerprint density at radius 1 is 1.31 bits per heavy atom. The maximum absolute atomic E-state index is 8.74. The van der Waals surface area contributed by atoms with Crippen molar-refractivity contribution in [2.24, 2.45) is 0 Å². The lowest BCUT2D eigenvalue weighted by atomic mass is 10.2. The third-order valence-corrected chi connectivity index (χ3v) is 3.78. The maximum atomic E-state index is 8.74. The molecule has 0 fully saturated rings. The molecule has 0 spiro atoms. The lowest BCUT2D eigenvalue weighted by Gasteiger charge is -1.90. The van der Waals surface area contributed by atoms with E-state index in [0.717, 1.165) is 10.1 Å². The Morgan fingerprint density at radius 2 is 2.08 bits per heavy atom. The van der Waals surface area contributed by atoms with Crippen molar-refractivity contribution in [2.45, 2.75) is 0 Å². The van der Waals surface area contributed by atoms with Crippen LogP contribution in [0.25, 0.3) is 10.1 Å². The molecule has 1 aromatic heterocycles. The number of nitrogens with zero attached hydrogens (tertiary/aromatic N) is 1. The minimum Gasteiger partial charge on any atom is -0.191 e. The third-order valence-electron chi connectivity index (χ3n) is 1.71. The van der Waals surface area contributed by atoms with E-state index >= 15 is 0 Å². The second kappa shape index (κ2) is 3.19. The standard InChI is InChI=1S/C9H3Cl2NS/c10-6-3-1-2-5-8(11)7(4-12)13-9(5)6/h1-3H. The number of benzene rings is 1. The van der Waals surface area contributed by atoms with Crippen LogP contribution in [0.5, 0.6) is 0 Å². The van der Waals surface area contributed by atoms with Crippen LogP contribution in [0.2, 0.25) is 10.0 Å². The molecule has 0 bridgehead atoms. The summed E-state index contributed by atoms with van der Waals surface area (Å²) in [6, 6.07) is 7.52. The predicted octanol–water partition coefficient (Wildman–Crippen LogP) is 4.08. The Hall–Kier alpha value is -0.750. The summed E-state index contributed by atoms with van der Waals surface area (Å²) in [7, 11) is 0. The van der Waals surface area contributed by atoms with Crippen LogP contribution in [0.1, 0.15) is 4.88 Å². The average molecular weight is 228 g/mol. The van der Waals surface area contributed by atoms with Crippen molar-refractivity contribution < 1.29 is 0 Å². The smallest absolute Gasteiger partial charge is 0.124 e. The van der Waals surface area contributed by atoms with Gasteiger partial charge < -0.3 is 0 Å². The first-order valence-electron chi connectivity index (χ1n) is 3.50. The van der Waals surface area contributed by atoms with Crippen LogP contribution in [0.3, 0.4) is 0 Å². The molecule has 64 valence electrons. The van der Waals surface area contributed by atoms with Crippen LogP contribution in [-0.4, -0.2) is 0 Å². The molecule has 0 unspecified atom stereocenters. The van der Waals surface area contributed by atoms with E-state index in [1.165, 1.54) is 11.3 Å². The van der Waals surface area contributed by atoms with Crippen LogP contribution in [0.4, 0.5) is 0 Å². The minimum atomic E-state index is 0.505. The molecule has 0 saturated heterocycles. The zero-order chi connectivity index (χ0) is 9.42. The Kier molecular flexibility index (Phi) is 2.17. The van der Waals surface area contributed by atoms with E-state index in [4.69, 9.17) is 28.5 Å². The Balaban J connectivity index is 2.94. The van der Waals surface area contributed by atoms with E-state index in [1.54, 1.807) is 6.07 Å². The monoisotopic (exact) mass is 227 g/mol. The summed E-state index contributed by atoms with van der Waals surface area (Å²) in [5.74, 6) is 0. The Morgan fingerprint density at radius 3 is 2.69 bits per heavy atom. The summed E-state index contributed by atoms with van der Waals surface area (Å²) >= 11 is 13.2. The van der Waals surface area contributed by atoms with E-state index in [1.807, 2.05) is 18.2 Å². The molecule has 0 amide bonds.